The largest absolute Gasteiger partial charge is 0.0986 e. The fourth-order valence-electron chi connectivity index (χ4n) is 7.65. The van der Waals surface area contributed by atoms with Gasteiger partial charge in [-0.1, -0.05) is 125 Å². The van der Waals surface area contributed by atoms with Crippen LogP contribution in [-0.2, 0) is 12.8 Å². The van der Waals surface area contributed by atoms with E-state index in [1.54, 1.807) is 5.56 Å². The van der Waals surface area contributed by atoms with Gasteiger partial charge in [0.25, 0.3) is 0 Å². The molecule has 0 nitrogen and oxygen atoms in total. The summed E-state index contributed by atoms with van der Waals surface area (Å²) in [6, 6.07) is 11.9. The van der Waals surface area contributed by atoms with Crippen LogP contribution in [0.4, 0.5) is 0 Å². The zero-order valence-corrected chi connectivity index (χ0v) is 25.5. The van der Waals surface area contributed by atoms with Crippen LogP contribution in [0, 0.1) is 42.9 Å². The molecule has 0 aromatic heterocycles. The van der Waals surface area contributed by atoms with E-state index in [1.807, 2.05) is 0 Å². The summed E-state index contributed by atoms with van der Waals surface area (Å²) in [5.74, 6) is 2.42. The van der Waals surface area contributed by atoms with Gasteiger partial charge in [0.15, 0.2) is 0 Å². The molecule has 206 valence electrons. The van der Waals surface area contributed by atoms with Crippen LogP contribution >= 0.6 is 0 Å². The molecule has 0 aliphatic heterocycles. The predicted octanol–water partition coefficient (Wildman–Crippen LogP) is 11.0. The maximum atomic E-state index is 4.62. The monoisotopic (exact) mass is 518 g/mol. The molecule has 39 heavy (non-hydrogen) atoms. The minimum atomic E-state index is 0.290. The molecule has 2 aromatic rings. The minimum absolute atomic E-state index is 0.290. The van der Waals surface area contributed by atoms with E-state index in [9.17, 15) is 0 Å². The molecule has 0 heteroatoms. The standard InChI is InChI=1S/C39H50/c1-25-18-28(4)36(23-31-13-10-9-12-26(31)2)38(19-25)34-15-11-14-32-20-30(22-37(32)34)21-35-27(3)16-17-33(29(35)5)24-39(6,7)8/h11,14-20,26,31,33,35H,3,5,9-10,12-13,21-24H2,1-2,4,6-8H3/t26-,31?,33?,35?/m0/s1. The average molecular weight is 519 g/mol. The first kappa shape index (κ1) is 27.9. The molecule has 0 radical (unpaired) electrons. The van der Waals surface area contributed by atoms with Crippen LogP contribution in [0.2, 0.25) is 0 Å². The fraction of sp³-hybridized carbons (Fsp3) is 0.487. The number of aryl methyl sites for hydroxylation is 2. The van der Waals surface area contributed by atoms with Crippen LogP contribution in [0.5, 0.6) is 0 Å². The van der Waals surface area contributed by atoms with Gasteiger partial charge in [-0.3, -0.25) is 0 Å². The van der Waals surface area contributed by atoms with Crippen LogP contribution in [0.3, 0.4) is 0 Å². The number of hydrogen-bond acceptors (Lipinski definition) is 0. The molecule has 0 saturated heterocycles. The molecule has 0 bridgehead atoms. The van der Waals surface area contributed by atoms with Crippen molar-refractivity contribution < 1.29 is 0 Å². The highest BCUT2D eigenvalue weighted by Crippen LogP contribution is 2.44. The molecule has 2 aromatic carbocycles. The van der Waals surface area contributed by atoms with E-state index in [0.717, 1.165) is 31.1 Å². The Morgan fingerprint density at radius 1 is 0.949 bits per heavy atom. The number of benzene rings is 2. The highest BCUT2D eigenvalue weighted by Gasteiger charge is 2.30. The smallest absolute Gasteiger partial charge is 0.00827 e. The summed E-state index contributed by atoms with van der Waals surface area (Å²) in [5, 5.41) is 0. The molecule has 0 heterocycles. The van der Waals surface area contributed by atoms with E-state index < -0.39 is 0 Å². The number of hydrogen-bond donors (Lipinski definition) is 0. The third-order valence-corrected chi connectivity index (χ3v) is 9.85. The molecule has 4 atom stereocenters. The number of fused-ring (bicyclic) bond motifs is 1. The van der Waals surface area contributed by atoms with Crippen molar-refractivity contribution in [2.45, 2.75) is 92.9 Å². The van der Waals surface area contributed by atoms with Crippen molar-refractivity contribution in [3.8, 4) is 11.1 Å². The van der Waals surface area contributed by atoms with Gasteiger partial charge >= 0.3 is 0 Å². The summed E-state index contributed by atoms with van der Waals surface area (Å²) in [6.45, 7) is 23.2. The summed E-state index contributed by atoms with van der Waals surface area (Å²) < 4.78 is 0. The molecule has 0 N–H and O–H groups in total. The molecule has 3 aliphatic carbocycles. The highest BCUT2D eigenvalue weighted by atomic mass is 14.3. The lowest BCUT2D eigenvalue weighted by Gasteiger charge is -2.33. The Bertz CT molecular complexity index is 1320. The van der Waals surface area contributed by atoms with Crippen molar-refractivity contribution in [1.82, 2.24) is 0 Å². The van der Waals surface area contributed by atoms with Crippen LogP contribution < -0.4 is 0 Å². The molecule has 3 aliphatic rings. The molecule has 0 spiro atoms. The average Bonchev–Trinajstić information content (AvgIpc) is 3.28. The van der Waals surface area contributed by atoms with Gasteiger partial charge < -0.3 is 0 Å². The molecule has 1 saturated carbocycles. The van der Waals surface area contributed by atoms with E-state index in [2.05, 4.69) is 103 Å². The van der Waals surface area contributed by atoms with Gasteiger partial charge in [0.05, 0.1) is 0 Å². The second-order valence-corrected chi connectivity index (χ2v) is 14.3. The van der Waals surface area contributed by atoms with Gasteiger partial charge in [0.1, 0.15) is 0 Å². The van der Waals surface area contributed by atoms with E-state index >= 15 is 0 Å². The molecular formula is C39H50. The van der Waals surface area contributed by atoms with Gasteiger partial charge in [-0.05, 0) is 108 Å². The summed E-state index contributed by atoms with van der Waals surface area (Å²) in [5.41, 5.74) is 14.7. The van der Waals surface area contributed by atoms with Crippen molar-refractivity contribution in [2.24, 2.45) is 29.1 Å². The first-order valence-corrected chi connectivity index (χ1v) is 15.5. The molecule has 5 rings (SSSR count). The number of allylic oxidation sites excluding steroid dienone is 5. The third kappa shape index (κ3) is 6.11. The van der Waals surface area contributed by atoms with Crippen molar-refractivity contribution in [2.75, 3.05) is 0 Å². The minimum Gasteiger partial charge on any atom is -0.0986 e. The summed E-state index contributed by atoms with van der Waals surface area (Å²) >= 11 is 0. The van der Waals surface area contributed by atoms with E-state index in [-0.39, 0.29) is 5.41 Å². The van der Waals surface area contributed by atoms with E-state index in [0.29, 0.717) is 11.8 Å². The van der Waals surface area contributed by atoms with Gasteiger partial charge in [-0.25, -0.2) is 0 Å². The Labute approximate surface area is 239 Å². The SMILES string of the molecule is C=C1C=CC(CC(C)(C)C)C(=C)C1CC1=Cc2cccc(-c3cc(C)cc(C)c3CC3CCCC[C@@H]3C)c2C1. The normalized spacial score (nSPS) is 25.1. The lowest BCUT2D eigenvalue weighted by Crippen LogP contribution is -2.21. The summed E-state index contributed by atoms with van der Waals surface area (Å²) in [6.07, 6.45) is 17.1. The van der Waals surface area contributed by atoms with Crippen LogP contribution in [0.25, 0.3) is 17.2 Å². The second-order valence-electron chi connectivity index (χ2n) is 14.3. The first-order chi connectivity index (χ1) is 18.5. The fourth-order valence-corrected chi connectivity index (χ4v) is 7.65. The Kier molecular flexibility index (Phi) is 7.96. The van der Waals surface area contributed by atoms with Gasteiger partial charge in [-0.2, -0.15) is 0 Å². The van der Waals surface area contributed by atoms with E-state index in [1.165, 1.54) is 82.2 Å². The maximum Gasteiger partial charge on any atom is 0.00827 e. The Balaban J connectivity index is 1.41. The summed E-state index contributed by atoms with van der Waals surface area (Å²) in [4.78, 5) is 0. The van der Waals surface area contributed by atoms with Crippen molar-refractivity contribution in [1.29, 1.82) is 0 Å². The zero-order chi connectivity index (χ0) is 27.9. The van der Waals surface area contributed by atoms with Gasteiger partial charge in [0.2, 0.25) is 0 Å². The molecule has 1 fully saturated rings. The quantitative estimate of drug-likeness (QED) is 0.334. The zero-order valence-electron chi connectivity index (χ0n) is 25.5. The van der Waals surface area contributed by atoms with Crippen LogP contribution in [-0.4, -0.2) is 0 Å². The highest BCUT2D eigenvalue weighted by molar-refractivity contribution is 5.80. The van der Waals surface area contributed by atoms with Crippen LogP contribution in [0.15, 0.2) is 72.4 Å². The van der Waals surface area contributed by atoms with Crippen molar-refractivity contribution >= 4 is 6.08 Å². The van der Waals surface area contributed by atoms with Gasteiger partial charge in [0, 0.05) is 5.92 Å². The topological polar surface area (TPSA) is 0 Å². The number of rotatable bonds is 6. The van der Waals surface area contributed by atoms with Crippen molar-refractivity contribution in [3.05, 3.63) is 100 Å². The predicted molar refractivity (Wildman–Crippen MR) is 171 cm³/mol. The van der Waals surface area contributed by atoms with E-state index in [4.69, 9.17) is 0 Å². The Hall–Kier alpha value is -2.60. The molecular weight excluding hydrogens is 468 g/mol. The maximum absolute atomic E-state index is 4.62. The van der Waals surface area contributed by atoms with Crippen molar-refractivity contribution in [3.63, 3.8) is 0 Å². The molecule has 3 unspecified atom stereocenters. The summed E-state index contributed by atoms with van der Waals surface area (Å²) in [7, 11) is 0. The van der Waals surface area contributed by atoms with Crippen LogP contribution in [0.1, 0.15) is 94.0 Å². The Morgan fingerprint density at radius 2 is 1.72 bits per heavy atom. The Morgan fingerprint density at radius 3 is 2.46 bits per heavy atom. The second kappa shape index (κ2) is 11.1. The van der Waals surface area contributed by atoms with Gasteiger partial charge in [-0.15, -0.1) is 0 Å². The molecule has 0 amide bonds. The lowest BCUT2D eigenvalue weighted by atomic mass is 9.71. The first-order valence-electron chi connectivity index (χ1n) is 15.5. The third-order valence-electron chi connectivity index (χ3n) is 9.85. The lowest BCUT2D eigenvalue weighted by molar-refractivity contribution is 0.254.